The van der Waals surface area contributed by atoms with Crippen molar-refractivity contribution in [1.29, 1.82) is 0 Å². The molecular weight excluding hydrogens is 328 g/mol. The maximum Gasteiger partial charge on any atom is 0.191 e. The van der Waals surface area contributed by atoms with Crippen molar-refractivity contribution in [2.24, 2.45) is 4.99 Å². The number of nitrogens with one attached hydrogen (secondary N) is 2. The molecular formula is C20H34N4O2. The maximum atomic E-state index is 5.63. The van der Waals surface area contributed by atoms with Crippen molar-refractivity contribution < 1.29 is 9.47 Å². The van der Waals surface area contributed by atoms with Crippen LogP contribution in [0.4, 0.5) is 0 Å². The van der Waals surface area contributed by atoms with Gasteiger partial charge >= 0.3 is 0 Å². The van der Waals surface area contributed by atoms with Crippen LogP contribution in [0.1, 0.15) is 37.8 Å². The number of hydrogen-bond donors (Lipinski definition) is 2. The fourth-order valence-corrected chi connectivity index (χ4v) is 3.52. The van der Waals surface area contributed by atoms with Crippen molar-refractivity contribution in [3.8, 4) is 5.75 Å². The van der Waals surface area contributed by atoms with Gasteiger partial charge in [0.05, 0.1) is 19.8 Å². The highest BCUT2D eigenvalue weighted by atomic mass is 16.5. The summed E-state index contributed by atoms with van der Waals surface area (Å²) in [6, 6.07) is 8.77. The Hall–Kier alpha value is -1.79. The third-order valence-electron chi connectivity index (χ3n) is 4.82. The van der Waals surface area contributed by atoms with E-state index in [0.717, 1.165) is 31.3 Å². The van der Waals surface area contributed by atoms with Gasteiger partial charge < -0.3 is 20.1 Å². The standard InChI is InChI=1S/C20H34N4O2/c1-16(15-25-3)23-20(21-2)22-14-18(24-12-8-5-9-13-24)17-10-6-7-11-19(17)26-4/h6-7,10-11,16,18H,5,8-9,12-15H2,1-4H3,(H2,21,22,23). The summed E-state index contributed by atoms with van der Waals surface area (Å²) in [5.74, 6) is 1.74. The molecule has 2 N–H and O–H groups in total. The average molecular weight is 363 g/mol. The molecule has 1 aromatic rings. The number of aliphatic imine (C=N–C) groups is 1. The van der Waals surface area contributed by atoms with Gasteiger partial charge in [0, 0.05) is 32.3 Å². The van der Waals surface area contributed by atoms with E-state index in [-0.39, 0.29) is 12.1 Å². The molecule has 0 bridgehead atoms. The Morgan fingerprint density at radius 1 is 1.19 bits per heavy atom. The number of nitrogens with zero attached hydrogens (tertiary/aromatic N) is 2. The van der Waals surface area contributed by atoms with Crippen LogP contribution < -0.4 is 15.4 Å². The Bertz CT molecular complexity index is 558. The fraction of sp³-hybridized carbons (Fsp3) is 0.650. The Balaban J connectivity index is 2.11. The second-order valence-electron chi connectivity index (χ2n) is 6.81. The van der Waals surface area contributed by atoms with Gasteiger partial charge in [-0.1, -0.05) is 24.6 Å². The molecule has 1 aliphatic rings. The summed E-state index contributed by atoms with van der Waals surface area (Å²) in [5, 5.41) is 6.86. The molecule has 6 nitrogen and oxygen atoms in total. The van der Waals surface area contributed by atoms with E-state index in [1.807, 2.05) is 12.1 Å². The molecule has 6 heteroatoms. The number of methoxy groups -OCH3 is 2. The molecule has 1 saturated heterocycles. The van der Waals surface area contributed by atoms with E-state index in [1.165, 1.54) is 24.8 Å². The summed E-state index contributed by atoms with van der Waals surface area (Å²) < 4.78 is 10.8. The number of piperidine rings is 1. The molecule has 2 atom stereocenters. The van der Waals surface area contributed by atoms with Crippen LogP contribution in [0.2, 0.25) is 0 Å². The van der Waals surface area contributed by atoms with Crippen molar-refractivity contribution in [2.45, 2.75) is 38.3 Å². The summed E-state index contributed by atoms with van der Waals surface area (Å²) in [6.45, 7) is 5.74. The summed E-state index contributed by atoms with van der Waals surface area (Å²) >= 11 is 0. The minimum atomic E-state index is 0.200. The molecule has 0 spiro atoms. The Morgan fingerprint density at radius 3 is 2.58 bits per heavy atom. The van der Waals surface area contributed by atoms with Gasteiger partial charge in [-0.25, -0.2) is 0 Å². The zero-order valence-electron chi connectivity index (χ0n) is 16.6. The van der Waals surface area contributed by atoms with Crippen LogP contribution in [0.5, 0.6) is 5.75 Å². The lowest BCUT2D eigenvalue weighted by molar-refractivity contribution is 0.160. The molecule has 0 aliphatic carbocycles. The van der Waals surface area contributed by atoms with Crippen LogP contribution in [-0.2, 0) is 4.74 Å². The number of likely N-dealkylation sites (tertiary alicyclic amines) is 1. The first-order valence-electron chi connectivity index (χ1n) is 9.52. The lowest BCUT2D eigenvalue weighted by atomic mass is 10.0. The van der Waals surface area contributed by atoms with Crippen molar-refractivity contribution >= 4 is 5.96 Å². The molecule has 2 rings (SSSR count). The Kier molecular flexibility index (Phi) is 8.71. The largest absolute Gasteiger partial charge is 0.496 e. The van der Waals surface area contributed by atoms with Gasteiger partial charge in [-0.3, -0.25) is 9.89 Å². The van der Waals surface area contributed by atoms with Crippen LogP contribution in [0.25, 0.3) is 0 Å². The second kappa shape index (κ2) is 11.0. The number of hydrogen-bond acceptors (Lipinski definition) is 4. The average Bonchev–Trinajstić information content (AvgIpc) is 2.68. The normalized spacial score (nSPS) is 18.2. The van der Waals surface area contributed by atoms with Crippen molar-refractivity contribution in [1.82, 2.24) is 15.5 Å². The third kappa shape index (κ3) is 5.88. The summed E-state index contributed by atoms with van der Waals surface area (Å²) in [7, 11) is 5.25. The molecule has 0 radical (unpaired) electrons. The predicted molar refractivity (Wildman–Crippen MR) is 107 cm³/mol. The summed E-state index contributed by atoms with van der Waals surface area (Å²) in [4.78, 5) is 6.91. The van der Waals surface area contributed by atoms with Gasteiger partial charge in [-0.05, 0) is 38.9 Å². The molecule has 146 valence electrons. The molecule has 1 heterocycles. The van der Waals surface area contributed by atoms with E-state index in [0.29, 0.717) is 6.61 Å². The van der Waals surface area contributed by atoms with E-state index in [4.69, 9.17) is 9.47 Å². The summed E-state index contributed by atoms with van der Waals surface area (Å²) in [6.07, 6.45) is 3.83. The third-order valence-corrected chi connectivity index (χ3v) is 4.82. The predicted octanol–water partition coefficient (Wildman–Crippen LogP) is 2.42. The van der Waals surface area contributed by atoms with Gasteiger partial charge in [0.15, 0.2) is 5.96 Å². The van der Waals surface area contributed by atoms with Crippen molar-refractivity contribution in [3.05, 3.63) is 29.8 Å². The highest BCUT2D eigenvalue weighted by Crippen LogP contribution is 2.30. The summed E-state index contributed by atoms with van der Waals surface area (Å²) in [5.41, 5.74) is 1.23. The first-order chi connectivity index (χ1) is 12.7. The monoisotopic (exact) mass is 362 g/mol. The second-order valence-corrected chi connectivity index (χ2v) is 6.81. The number of para-hydroxylation sites is 1. The fourth-order valence-electron chi connectivity index (χ4n) is 3.52. The van der Waals surface area contributed by atoms with Crippen LogP contribution in [-0.4, -0.2) is 64.4 Å². The molecule has 0 saturated carbocycles. The van der Waals surface area contributed by atoms with Crippen molar-refractivity contribution in [3.63, 3.8) is 0 Å². The van der Waals surface area contributed by atoms with Gasteiger partial charge in [-0.15, -0.1) is 0 Å². The van der Waals surface area contributed by atoms with Crippen LogP contribution in [0, 0.1) is 0 Å². The first-order valence-corrected chi connectivity index (χ1v) is 9.52. The first kappa shape index (κ1) is 20.5. The smallest absolute Gasteiger partial charge is 0.191 e. The van der Waals surface area contributed by atoms with Gasteiger partial charge in [0.25, 0.3) is 0 Å². The van der Waals surface area contributed by atoms with Gasteiger partial charge in [0.1, 0.15) is 5.75 Å². The van der Waals surface area contributed by atoms with E-state index in [9.17, 15) is 0 Å². The van der Waals surface area contributed by atoms with Gasteiger partial charge in [-0.2, -0.15) is 0 Å². The maximum absolute atomic E-state index is 5.63. The lowest BCUT2D eigenvalue weighted by Gasteiger charge is -2.36. The molecule has 0 aromatic heterocycles. The van der Waals surface area contributed by atoms with E-state index < -0.39 is 0 Å². The highest BCUT2D eigenvalue weighted by molar-refractivity contribution is 5.80. The Morgan fingerprint density at radius 2 is 1.92 bits per heavy atom. The quantitative estimate of drug-likeness (QED) is 0.549. The molecule has 1 aromatic carbocycles. The zero-order valence-corrected chi connectivity index (χ0v) is 16.6. The number of ether oxygens (including phenoxy) is 2. The topological polar surface area (TPSA) is 58.1 Å². The van der Waals surface area contributed by atoms with Crippen LogP contribution >= 0.6 is 0 Å². The molecule has 2 unspecified atom stereocenters. The lowest BCUT2D eigenvalue weighted by Crippen LogP contribution is -2.47. The van der Waals surface area contributed by atoms with E-state index in [2.05, 4.69) is 39.6 Å². The minimum absolute atomic E-state index is 0.200. The SMILES string of the molecule is CN=C(NCC(c1ccccc1OC)N1CCCCC1)NC(C)COC. The van der Waals surface area contributed by atoms with E-state index >= 15 is 0 Å². The highest BCUT2D eigenvalue weighted by Gasteiger charge is 2.25. The van der Waals surface area contributed by atoms with Crippen LogP contribution in [0.3, 0.4) is 0 Å². The zero-order chi connectivity index (χ0) is 18.8. The van der Waals surface area contributed by atoms with Crippen molar-refractivity contribution in [2.75, 3.05) is 47.5 Å². The molecule has 26 heavy (non-hydrogen) atoms. The van der Waals surface area contributed by atoms with E-state index in [1.54, 1.807) is 21.3 Å². The van der Waals surface area contributed by atoms with Crippen LogP contribution in [0.15, 0.2) is 29.3 Å². The molecule has 0 amide bonds. The Labute approximate surface area is 158 Å². The molecule has 1 aliphatic heterocycles. The number of benzene rings is 1. The number of guanidine groups is 1. The minimum Gasteiger partial charge on any atom is -0.496 e. The van der Waals surface area contributed by atoms with Gasteiger partial charge in [0.2, 0.25) is 0 Å². The molecule has 1 fully saturated rings. The number of rotatable bonds is 8.